The third-order valence-corrected chi connectivity index (χ3v) is 3.05. The maximum Gasteiger partial charge on any atom is 0.338 e. The number of carbonyl (C=O) groups excluding carboxylic acids is 1. The molecule has 0 aliphatic heterocycles. The highest BCUT2D eigenvalue weighted by Gasteiger charge is 2.14. The fourth-order valence-corrected chi connectivity index (χ4v) is 1.97. The van der Waals surface area contributed by atoms with Gasteiger partial charge in [0.25, 0.3) is 0 Å². The summed E-state index contributed by atoms with van der Waals surface area (Å²) in [6.07, 6.45) is -0.265. The summed E-state index contributed by atoms with van der Waals surface area (Å²) in [5, 5.41) is 0. The molecule has 5 nitrogen and oxygen atoms in total. The Morgan fingerprint density at radius 2 is 2.21 bits per heavy atom. The second-order valence-electron chi connectivity index (χ2n) is 4.59. The second-order valence-corrected chi connectivity index (χ2v) is 4.59. The quantitative estimate of drug-likeness (QED) is 0.792. The molecule has 19 heavy (non-hydrogen) atoms. The minimum atomic E-state index is -0.352. The summed E-state index contributed by atoms with van der Waals surface area (Å²) in [6, 6.07) is 5.39. The molecular weight excluding hydrogens is 244 g/mol. The molecule has 1 atom stereocenters. The molecule has 1 aromatic carbocycles. The van der Waals surface area contributed by atoms with Crippen LogP contribution in [-0.2, 0) is 16.5 Å². The predicted molar refractivity (Wildman–Crippen MR) is 72.2 cm³/mol. The summed E-state index contributed by atoms with van der Waals surface area (Å²) in [6.45, 7) is 4.11. The molecule has 0 bridgehead atoms. The number of nitrogens with zero attached hydrogens (tertiary/aromatic N) is 2. The number of hydrogen-bond donors (Lipinski definition) is 0. The van der Waals surface area contributed by atoms with Gasteiger partial charge in [0.1, 0.15) is 11.9 Å². The molecule has 2 aromatic rings. The number of esters is 1. The number of fused-ring (bicyclic) bond motifs is 1. The average molecular weight is 262 g/mol. The summed E-state index contributed by atoms with van der Waals surface area (Å²) in [7, 11) is 3.52. The van der Waals surface area contributed by atoms with Gasteiger partial charge in [-0.15, -0.1) is 0 Å². The maximum atomic E-state index is 12.0. The van der Waals surface area contributed by atoms with Gasteiger partial charge >= 0.3 is 5.97 Å². The Morgan fingerprint density at radius 3 is 2.89 bits per heavy atom. The summed E-state index contributed by atoms with van der Waals surface area (Å²) < 4.78 is 12.2. The van der Waals surface area contributed by atoms with E-state index in [4.69, 9.17) is 9.47 Å². The van der Waals surface area contributed by atoms with Crippen molar-refractivity contribution < 1.29 is 14.3 Å². The summed E-state index contributed by atoms with van der Waals surface area (Å²) >= 11 is 0. The van der Waals surface area contributed by atoms with Crippen molar-refractivity contribution in [1.29, 1.82) is 0 Å². The standard InChI is InChI=1S/C14H18N2O3/c1-9(8-18-4)19-14(17)11-5-6-13-12(7-11)15-10(2)16(13)3/h5-7,9H,8H2,1-4H3. The molecule has 2 rings (SSSR count). The number of hydrogen-bond acceptors (Lipinski definition) is 4. The van der Waals surface area contributed by atoms with E-state index in [9.17, 15) is 4.79 Å². The number of aryl methyl sites for hydroxylation is 2. The molecule has 0 aliphatic carbocycles. The Morgan fingerprint density at radius 1 is 1.47 bits per heavy atom. The molecule has 102 valence electrons. The van der Waals surface area contributed by atoms with E-state index in [-0.39, 0.29) is 12.1 Å². The number of methoxy groups -OCH3 is 1. The molecular formula is C14H18N2O3. The topological polar surface area (TPSA) is 53.4 Å². The Hall–Kier alpha value is -1.88. The zero-order valence-corrected chi connectivity index (χ0v) is 11.6. The van der Waals surface area contributed by atoms with Crippen molar-refractivity contribution in [3.8, 4) is 0 Å². The van der Waals surface area contributed by atoms with Gasteiger partial charge in [0, 0.05) is 14.2 Å². The first-order valence-corrected chi connectivity index (χ1v) is 6.16. The van der Waals surface area contributed by atoms with Crippen molar-refractivity contribution in [2.45, 2.75) is 20.0 Å². The van der Waals surface area contributed by atoms with Crippen LogP contribution in [0.25, 0.3) is 11.0 Å². The van der Waals surface area contributed by atoms with Gasteiger partial charge in [0.2, 0.25) is 0 Å². The van der Waals surface area contributed by atoms with Gasteiger partial charge in [-0.25, -0.2) is 9.78 Å². The highest BCUT2D eigenvalue weighted by atomic mass is 16.6. The van der Waals surface area contributed by atoms with Gasteiger partial charge < -0.3 is 14.0 Å². The molecule has 0 fully saturated rings. The van der Waals surface area contributed by atoms with E-state index in [1.165, 1.54) is 0 Å². The van der Waals surface area contributed by atoms with Crippen LogP contribution in [0.4, 0.5) is 0 Å². The van der Waals surface area contributed by atoms with Gasteiger partial charge in [0.05, 0.1) is 23.2 Å². The van der Waals surface area contributed by atoms with Crippen LogP contribution in [0.2, 0.25) is 0 Å². The normalized spacial score (nSPS) is 12.6. The first-order chi connectivity index (χ1) is 9.02. The highest BCUT2D eigenvalue weighted by molar-refractivity contribution is 5.93. The Balaban J connectivity index is 2.23. The molecule has 0 N–H and O–H groups in total. The monoisotopic (exact) mass is 262 g/mol. The van der Waals surface area contributed by atoms with Crippen molar-refractivity contribution in [1.82, 2.24) is 9.55 Å². The molecule has 5 heteroatoms. The van der Waals surface area contributed by atoms with E-state index >= 15 is 0 Å². The second kappa shape index (κ2) is 5.40. The third-order valence-electron chi connectivity index (χ3n) is 3.05. The third kappa shape index (κ3) is 2.76. The van der Waals surface area contributed by atoms with Gasteiger partial charge in [-0.3, -0.25) is 0 Å². The van der Waals surface area contributed by atoms with Crippen molar-refractivity contribution in [3.63, 3.8) is 0 Å². The van der Waals surface area contributed by atoms with Crippen LogP contribution in [0.5, 0.6) is 0 Å². The smallest absolute Gasteiger partial charge is 0.338 e. The molecule has 0 amide bonds. The number of carbonyl (C=O) groups is 1. The lowest BCUT2D eigenvalue weighted by atomic mass is 10.2. The van der Waals surface area contributed by atoms with E-state index in [1.807, 2.05) is 24.6 Å². The molecule has 1 aromatic heterocycles. The first kappa shape index (κ1) is 13.5. The van der Waals surface area contributed by atoms with Crippen LogP contribution in [0.15, 0.2) is 18.2 Å². The van der Waals surface area contributed by atoms with Crippen molar-refractivity contribution >= 4 is 17.0 Å². The van der Waals surface area contributed by atoms with Crippen molar-refractivity contribution in [2.75, 3.05) is 13.7 Å². The van der Waals surface area contributed by atoms with Gasteiger partial charge in [0.15, 0.2) is 0 Å². The fourth-order valence-electron chi connectivity index (χ4n) is 1.97. The van der Waals surface area contributed by atoms with Crippen molar-refractivity contribution in [2.24, 2.45) is 7.05 Å². The van der Waals surface area contributed by atoms with Crippen LogP contribution in [0.1, 0.15) is 23.1 Å². The number of rotatable bonds is 4. The molecule has 1 heterocycles. The number of ether oxygens (including phenoxy) is 2. The molecule has 0 spiro atoms. The maximum absolute atomic E-state index is 12.0. The van der Waals surface area contributed by atoms with Crippen LogP contribution in [-0.4, -0.2) is 35.3 Å². The lowest BCUT2D eigenvalue weighted by molar-refractivity contribution is 0.0120. The van der Waals surface area contributed by atoms with E-state index in [1.54, 1.807) is 26.2 Å². The molecule has 0 radical (unpaired) electrons. The summed E-state index contributed by atoms with van der Waals surface area (Å²) in [5.74, 6) is 0.558. The summed E-state index contributed by atoms with van der Waals surface area (Å²) in [4.78, 5) is 16.4. The van der Waals surface area contributed by atoms with Gasteiger partial charge in [-0.05, 0) is 32.0 Å². The predicted octanol–water partition coefficient (Wildman–Crippen LogP) is 2.07. The van der Waals surface area contributed by atoms with Crippen LogP contribution < -0.4 is 0 Å². The highest BCUT2D eigenvalue weighted by Crippen LogP contribution is 2.17. The number of imidazole rings is 1. The van der Waals surface area contributed by atoms with E-state index < -0.39 is 0 Å². The van der Waals surface area contributed by atoms with E-state index in [0.29, 0.717) is 12.2 Å². The molecule has 0 aliphatic rings. The lowest BCUT2D eigenvalue weighted by Crippen LogP contribution is -2.19. The Labute approximate surface area is 112 Å². The van der Waals surface area contributed by atoms with Crippen LogP contribution in [0, 0.1) is 6.92 Å². The van der Waals surface area contributed by atoms with E-state index in [2.05, 4.69) is 4.98 Å². The molecule has 0 saturated heterocycles. The zero-order chi connectivity index (χ0) is 14.0. The van der Waals surface area contributed by atoms with Crippen molar-refractivity contribution in [3.05, 3.63) is 29.6 Å². The van der Waals surface area contributed by atoms with Crippen LogP contribution >= 0.6 is 0 Å². The number of benzene rings is 1. The fraction of sp³-hybridized carbons (Fsp3) is 0.429. The zero-order valence-electron chi connectivity index (χ0n) is 11.6. The molecule has 0 saturated carbocycles. The number of aromatic nitrogens is 2. The summed E-state index contributed by atoms with van der Waals surface area (Å²) in [5.41, 5.74) is 2.31. The van der Waals surface area contributed by atoms with Gasteiger partial charge in [-0.2, -0.15) is 0 Å². The molecule has 1 unspecified atom stereocenters. The van der Waals surface area contributed by atoms with Crippen LogP contribution in [0.3, 0.4) is 0 Å². The lowest BCUT2D eigenvalue weighted by Gasteiger charge is -2.11. The minimum Gasteiger partial charge on any atom is -0.457 e. The largest absolute Gasteiger partial charge is 0.457 e. The average Bonchev–Trinajstić information content (AvgIpc) is 2.65. The Bertz CT molecular complexity index is 604. The SMILES string of the molecule is COCC(C)OC(=O)c1ccc2c(c1)nc(C)n2C. The minimum absolute atomic E-state index is 0.265. The van der Waals surface area contributed by atoms with Gasteiger partial charge in [-0.1, -0.05) is 0 Å². The Kier molecular flexibility index (Phi) is 3.85. The van der Waals surface area contributed by atoms with E-state index in [0.717, 1.165) is 16.9 Å². The first-order valence-electron chi connectivity index (χ1n) is 6.16.